The van der Waals surface area contributed by atoms with Gasteiger partial charge in [-0.3, -0.25) is 4.90 Å². The molecule has 8 heteroatoms. The van der Waals surface area contributed by atoms with Crippen molar-refractivity contribution in [3.63, 3.8) is 0 Å². The molecule has 1 saturated heterocycles. The zero-order valence-corrected chi connectivity index (χ0v) is 15.0. The van der Waals surface area contributed by atoms with E-state index >= 15 is 0 Å². The molecule has 2 N–H and O–H groups in total. The smallest absolute Gasteiger partial charge is 0.290 e. The van der Waals surface area contributed by atoms with Gasteiger partial charge in [-0.2, -0.15) is 0 Å². The van der Waals surface area contributed by atoms with Gasteiger partial charge in [-0.25, -0.2) is 8.78 Å². The number of hydrogen-bond donors (Lipinski definition) is 2. The van der Waals surface area contributed by atoms with Gasteiger partial charge in [-0.05, 0) is 24.6 Å². The van der Waals surface area contributed by atoms with Crippen LogP contribution in [0.25, 0.3) is 0 Å². The average Bonchev–Trinajstić information content (AvgIpc) is 2.56. The summed E-state index contributed by atoms with van der Waals surface area (Å²) in [4.78, 5) is 1.67. The van der Waals surface area contributed by atoms with E-state index in [4.69, 9.17) is 9.47 Å². The largest absolute Gasteiger partial charge is 0.496 e. The molecule has 138 valence electrons. The molecule has 0 saturated carbocycles. The van der Waals surface area contributed by atoms with Gasteiger partial charge in [-0.15, -0.1) is 12.4 Å². The lowest BCUT2D eigenvalue weighted by Gasteiger charge is -2.39. The SMILES string of the molecule is COc1cc(C)cc(OC)c1[C@H](N1CCNCC1)C(F)(F)CO.Cl. The molecule has 24 heavy (non-hydrogen) atoms. The predicted octanol–water partition coefficient (Wildman–Crippen LogP) is 2.01. The monoisotopic (exact) mass is 366 g/mol. The summed E-state index contributed by atoms with van der Waals surface area (Å²) in [6, 6.07) is 2.11. The average molecular weight is 367 g/mol. The molecule has 1 heterocycles. The molecular formula is C16H25ClF2N2O3. The van der Waals surface area contributed by atoms with Crippen LogP contribution in [0, 0.1) is 6.92 Å². The van der Waals surface area contributed by atoms with Gasteiger partial charge in [0.05, 0.1) is 19.8 Å². The maximum absolute atomic E-state index is 14.6. The highest BCUT2D eigenvalue weighted by Crippen LogP contribution is 2.45. The molecule has 0 spiro atoms. The second-order valence-corrected chi connectivity index (χ2v) is 5.69. The number of nitrogens with zero attached hydrogens (tertiary/aromatic N) is 1. The molecular weight excluding hydrogens is 342 g/mol. The van der Waals surface area contributed by atoms with E-state index in [2.05, 4.69) is 5.32 Å². The summed E-state index contributed by atoms with van der Waals surface area (Å²) in [6.07, 6.45) is 0. The Bertz CT molecular complexity index is 515. The van der Waals surface area contributed by atoms with Crippen molar-refractivity contribution in [2.75, 3.05) is 47.0 Å². The Hall–Kier alpha value is -1.15. The number of rotatable bonds is 6. The lowest BCUT2D eigenvalue weighted by Crippen LogP contribution is -2.51. The highest BCUT2D eigenvalue weighted by molar-refractivity contribution is 5.85. The fraction of sp³-hybridized carbons (Fsp3) is 0.625. The van der Waals surface area contributed by atoms with E-state index < -0.39 is 18.6 Å². The van der Waals surface area contributed by atoms with Crippen molar-refractivity contribution < 1.29 is 23.4 Å². The van der Waals surface area contributed by atoms with Crippen LogP contribution in [0.3, 0.4) is 0 Å². The van der Waals surface area contributed by atoms with Crippen molar-refractivity contribution in [3.05, 3.63) is 23.3 Å². The number of aliphatic hydroxyl groups is 1. The van der Waals surface area contributed by atoms with Gasteiger partial charge < -0.3 is 19.9 Å². The number of halogens is 3. The van der Waals surface area contributed by atoms with Gasteiger partial charge in [0.2, 0.25) is 0 Å². The van der Waals surface area contributed by atoms with Crippen LogP contribution in [0.2, 0.25) is 0 Å². The highest BCUT2D eigenvalue weighted by atomic mass is 35.5. The van der Waals surface area contributed by atoms with E-state index in [0.29, 0.717) is 37.7 Å². The molecule has 0 aromatic heterocycles. The standard InChI is InChI=1S/C16H24F2N2O3.ClH/c1-11-8-12(22-2)14(13(9-11)23-3)15(16(17,18)10-21)20-6-4-19-5-7-20;/h8-9,15,19,21H,4-7,10H2,1-3H3;1H/t15-;/m0./s1. The fourth-order valence-electron chi connectivity index (χ4n) is 3.03. The summed E-state index contributed by atoms with van der Waals surface area (Å²) in [7, 11) is 2.90. The number of aliphatic hydroxyl groups excluding tert-OH is 1. The van der Waals surface area contributed by atoms with Gasteiger partial charge in [0.1, 0.15) is 24.1 Å². The lowest BCUT2D eigenvalue weighted by atomic mass is 9.95. The fourth-order valence-corrected chi connectivity index (χ4v) is 3.03. The molecule has 2 rings (SSSR count). The van der Waals surface area contributed by atoms with Crippen molar-refractivity contribution in [1.82, 2.24) is 10.2 Å². The Kier molecular flexibility index (Phi) is 7.66. The van der Waals surface area contributed by atoms with Crippen molar-refractivity contribution in [2.24, 2.45) is 0 Å². The normalized spacial score (nSPS) is 17.1. The molecule has 1 atom stereocenters. The molecule has 1 aliphatic rings. The van der Waals surface area contributed by atoms with E-state index in [1.165, 1.54) is 14.2 Å². The first kappa shape index (κ1) is 20.9. The summed E-state index contributed by atoms with van der Waals surface area (Å²) >= 11 is 0. The van der Waals surface area contributed by atoms with Crippen molar-refractivity contribution in [1.29, 1.82) is 0 Å². The Balaban J connectivity index is 0.00000288. The third kappa shape index (κ3) is 4.27. The number of aryl methyl sites for hydroxylation is 1. The number of ether oxygens (including phenoxy) is 2. The van der Waals surface area contributed by atoms with Crippen LogP contribution in [0.1, 0.15) is 17.2 Å². The Morgan fingerprint density at radius 1 is 1.21 bits per heavy atom. The second kappa shape index (κ2) is 8.80. The summed E-state index contributed by atoms with van der Waals surface area (Å²) in [5, 5.41) is 12.4. The first-order valence-corrected chi connectivity index (χ1v) is 7.60. The minimum absolute atomic E-state index is 0. The van der Waals surface area contributed by atoms with Crippen molar-refractivity contribution in [2.45, 2.75) is 18.9 Å². The molecule has 0 radical (unpaired) electrons. The maximum Gasteiger partial charge on any atom is 0.290 e. The van der Waals surface area contributed by atoms with Gasteiger partial charge in [0, 0.05) is 26.2 Å². The first-order valence-electron chi connectivity index (χ1n) is 7.60. The molecule has 1 aromatic carbocycles. The first-order chi connectivity index (χ1) is 10.9. The van der Waals surface area contributed by atoms with Crippen LogP contribution >= 0.6 is 12.4 Å². The number of benzene rings is 1. The Morgan fingerprint density at radius 2 is 1.71 bits per heavy atom. The van der Waals surface area contributed by atoms with Crippen molar-refractivity contribution in [3.8, 4) is 11.5 Å². The lowest BCUT2D eigenvalue weighted by molar-refractivity contribution is -0.119. The molecule has 1 fully saturated rings. The molecule has 0 unspecified atom stereocenters. The summed E-state index contributed by atoms with van der Waals surface area (Å²) in [6.45, 7) is 2.77. The summed E-state index contributed by atoms with van der Waals surface area (Å²) in [5.74, 6) is -2.62. The number of nitrogens with one attached hydrogen (secondary N) is 1. The van der Waals surface area contributed by atoms with E-state index in [9.17, 15) is 13.9 Å². The van der Waals surface area contributed by atoms with Crippen LogP contribution in [0.15, 0.2) is 12.1 Å². The Morgan fingerprint density at radius 3 is 2.12 bits per heavy atom. The van der Waals surface area contributed by atoms with Crippen molar-refractivity contribution >= 4 is 12.4 Å². The predicted molar refractivity (Wildman–Crippen MR) is 90.7 cm³/mol. The maximum atomic E-state index is 14.6. The number of hydrogen-bond acceptors (Lipinski definition) is 5. The van der Waals surface area contributed by atoms with Gasteiger partial charge in [-0.1, -0.05) is 0 Å². The second-order valence-electron chi connectivity index (χ2n) is 5.69. The van der Waals surface area contributed by atoms with Crippen LogP contribution in [0.4, 0.5) is 8.78 Å². The minimum atomic E-state index is -3.31. The minimum Gasteiger partial charge on any atom is -0.496 e. The van der Waals surface area contributed by atoms with Gasteiger partial charge in [0.25, 0.3) is 5.92 Å². The van der Waals surface area contributed by atoms with Gasteiger partial charge in [0.15, 0.2) is 0 Å². The molecule has 5 nitrogen and oxygen atoms in total. The van der Waals surface area contributed by atoms with E-state index in [0.717, 1.165) is 5.56 Å². The third-order valence-electron chi connectivity index (χ3n) is 4.09. The summed E-state index contributed by atoms with van der Waals surface area (Å²) in [5.41, 5.74) is 1.13. The van der Waals surface area contributed by atoms with E-state index in [1.54, 1.807) is 17.0 Å². The van der Waals surface area contributed by atoms with Crippen LogP contribution in [0.5, 0.6) is 11.5 Å². The molecule has 0 aliphatic carbocycles. The zero-order valence-electron chi connectivity index (χ0n) is 14.1. The van der Waals surface area contributed by atoms with E-state index in [-0.39, 0.29) is 18.0 Å². The number of methoxy groups -OCH3 is 2. The molecule has 1 aliphatic heterocycles. The third-order valence-corrected chi connectivity index (χ3v) is 4.09. The molecule has 0 bridgehead atoms. The Labute approximate surface area is 147 Å². The summed E-state index contributed by atoms with van der Waals surface area (Å²) < 4.78 is 39.9. The highest BCUT2D eigenvalue weighted by Gasteiger charge is 2.46. The molecule has 1 aromatic rings. The number of alkyl halides is 2. The van der Waals surface area contributed by atoms with Crippen LogP contribution < -0.4 is 14.8 Å². The van der Waals surface area contributed by atoms with Crippen LogP contribution in [-0.4, -0.2) is 62.9 Å². The topological polar surface area (TPSA) is 54.0 Å². The van der Waals surface area contributed by atoms with E-state index in [1.807, 2.05) is 6.92 Å². The quantitative estimate of drug-likeness (QED) is 0.806. The van der Waals surface area contributed by atoms with Crippen LogP contribution in [-0.2, 0) is 0 Å². The zero-order chi connectivity index (χ0) is 17.0. The molecule has 0 amide bonds. The van der Waals surface area contributed by atoms with Gasteiger partial charge >= 0.3 is 0 Å². The number of piperazine rings is 1.